The minimum Gasteiger partial charge on any atom is -0.369 e. The van der Waals surface area contributed by atoms with Crippen LogP contribution in [0.2, 0.25) is 0 Å². The average molecular weight is 440 g/mol. The van der Waals surface area contributed by atoms with Crippen LogP contribution in [0.1, 0.15) is 36.8 Å². The van der Waals surface area contributed by atoms with E-state index in [1.54, 1.807) is 11.8 Å². The first kappa shape index (κ1) is 20.8. The van der Waals surface area contributed by atoms with Crippen molar-refractivity contribution >= 4 is 29.0 Å². The molecule has 0 aromatic heterocycles. The zero-order valence-electron chi connectivity index (χ0n) is 17.9. The second kappa shape index (κ2) is 9.21. The third kappa shape index (κ3) is 4.60. The standard InChI is InChI=1S/C25H30FN3OS/c26-19-8-10-20(11-9-19)29-16-14-28(15-17-29)13-3-6-23-25(30)27-24-21-5-2-1-4-18(21)7-12-22(24)31-23/h7-12,23H,1-6,13-17H2,(H,27,30). The lowest BCUT2D eigenvalue weighted by atomic mass is 9.90. The lowest BCUT2D eigenvalue weighted by molar-refractivity contribution is -0.116. The van der Waals surface area contributed by atoms with Crippen LogP contribution in [0.25, 0.3) is 0 Å². The van der Waals surface area contributed by atoms with Crippen LogP contribution in [0.3, 0.4) is 0 Å². The molecule has 0 spiro atoms. The first-order valence-corrected chi connectivity index (χ1v) is 12.4. The molecule has 1 unspecified atom stereocenters. The number of halogens is 1. The Bertz CT molecular complexity index is 941. The Morgan fingerprint density at radius 1 is 1.00 bits per heavy atom. The minimum absolute atomic E-state index is 0.00893. The Morgan fingerprint density at radius 3 is 2.58 bits per heavy atom. The van der Waals surface area contributed by atoms with E-state index in [2.05, 4.69) is 27.2 Å². The summed E-state index contributed by atoms with van der Waals surface area (Å²) in [7, 11) is 0. The fourth-order valence-corrected chi connectivity index (χ4v) is 6.22. The van der Waals surface area contributed by atoms with Gasteiger partial charge in [-0.3, -0.25) is 9.69 Å². The van der Waals surface area contributed by atoms with Crippen molar-refractivity contribution < 1.29 is 9.18 Å². The Hall–Kier alpha value is -2.05. The minimum atomic E-state index is -0.186. The van der Waals surface area contributed by atoms with E-state index in [9.17, 15) is 9.18 Å². The summed E-state index contributed by atoms with van der Waals surface area (Å²) in [5.41, 5.74) is 4.99. The van der Waals surface area contributed by atoms with Gasteiger partial charge in [0.15, 0.2) is 0 Å². The number of thioether (sulfide) groups is 1. The number of anilines is 2. The molecule has 4 nitrogen and oxygen atoms in total. The predicted molar refractivity (Wildman–Crippen MR) is 126 cm³/mol. The summed E-state index contributed by atoms with van der Waals surface area (Å²) in [6.07, 6.45) is 6.65. The van der Waals surface area contributed by atoms with Crippen LogP contribution in [0, 0.1) is 5.82 Å². The summed E-state index contributed by atoms with van der Waals surface area (Å²) >= 11 is 1.75. The fraction of sp³-hybridized carbons (Fsp3) is 0.480. The maximum Gasteiger partial charge on any atom is 0.237 e. The van der Waals surface area contributed by atoms with Gasteiger partial charge >= 0.3 is 0 Å². The first-order valence-electron chi connectivity index (χ1n) is 11.5. The number of hydrogen-bond donors (Lipinski definition) is 1. The summed E-state index contributed by atoms with van der Waals surface area (Å²) in [6, 6.07) is 11.3. The molecule has 1 atom stereocenters. The van der Waals surface area contributed by atoms with E-state index in [4.69, 9.17) is 0 Å². The van der Waals surface area contributed by atoms with Gasteiger partial charge in [0, 0.05) is 36.8 Å². The third-order valence-electron chi connectivity index (χ3n) is 6.81. The van der Waals surface area contributed by atoms with Crippen molar-refractivity contribution in [3.63, 3.8) is 0 Å². The van der Waals surface area contributed by atoms with E-state index in [0.29, 0.717) is 0 Å². The van der Waals surface area contributed by atoms with Crippen LogP contribution in [-0.4, -0.2) is 48.8 Å². The highest BCUT2D eigenvalue weighted by Gasteiger charge is 2.30. The zero-order valence-corrected chi connectivity index (χ0v) is 18.7. The number of carbonyl (C=O) groups excluding carboxylic acids is 1. The summed E-state index contributed by atoms with van der Waals surface area (Å²) < 4.78 is 13.1. The van der Waals surface area contributed by atoms with Crippen LogP contribution < -0.4 is 10.2 Å². The quantitative estimate of drug-likeness (QED) is 0.731. The van der Waals surface area contributed by atoms with Gasteiger partial charge in [-0.1, -0.05) is 6.07 Å². The van der Waals surface area contributed by atoms with Gasteiger partial charge in [-0.15, -0.1) is 11.8 Å². The van der Waals surface area contributed by atoms with Crippen molar-refractivity contribution in [2.45, 2.75) is 48.7 Å². The molecule has 2 aromatic rings. The van der Waals surface area contributed by atoms with E-state index in [1.807, 2.05) is 12.1 Å². The van der Waals surface area contributed by atoms with Crippen molar-refractivity contribution in [3.05, 3.63) is 53.3 Å². The molecule has 2 aliphatic heterocycles. The first-order chi connectivity index (χ1) is 15.2. The lowest BCUT2D eigenvalue weighted by Gasteiger charge is -2.36. The monoisotopic (exact) mass is 439 g/mol. The third-order valence-corrected chi connectivity index (χ3v) is 8.14. The highest BCUT2D eigenvalue weighted by Crippen LogP contribution is 2.42. The van der Waals surface area contributed by atoms with Crippen LogP contribution in [0.5, 0.6) is 0 Å². The smallest absolute Gasteiger partial charge is 0.237 e. The molecule has 1 saturated heterocycles. The SMILES string of the molecule is O=C1Nc2c(ccc3c2CCCC3)SC1CCCN1CCN(c2ccc(F)cc2)CC1. The van der Waals surface area contributed by atoms with E-state index < -0.39 is 0 Å². The van der Waals surface area contributed by atoms with Gasteiger partial charge in [0.05, 0.1) is 10.9 Å². The lowest BCUT2D eigenvalue weighted by Crippen LogP contribution is -2.46. The number of nitrogens with one attached hydrogen (secondary N) is 1. The molecule has 2 aromatic carbocycles. The Labute approximate surface area is 188 Å². The molecule has 0 radical (unpaired) electrons. The molecule has 31 heavy (non-hydrogen) atoms. The molecule has 2 heterocycles. The van der Waals surface area contributed by atoms with E-state index >= 15 is 0 Å². The summed E-state index contributed by atoms with van der Waals surface area (Å²) in [5, 5.41) is 3.26. The van der Waals surface area contributed by atoms with Crippen molar-refractivity contribution in [3.8, 4) is 0 Å². The summed E-state index contributed by atoms with van der Waals surface area (Å²) in [4.78, 5) is 18.8. The number of piperazine rings is 1. The molecule has 1 fully saturated rings. The van der Waals surface area contributed by atoms with Crippen LogP contribution in [-0.2, 0) is 17.6 Å². The Balaban J connectivity index is 1.11. The van der Waals surface area contributed by atoms with Crippen molar-refractivity contribution in [1.82, 2.24) is 4.90 Å². The van der Waals surface area contributed by atoms with Crippen molar-refractivity contribution in [1.29, 1.82) is 0 Å². The van der Waals surface area contributed by atoms with Gasteiger partial charge in [-0.05, 0) is 86.5 Å². The van der Waals surface area contributed by atoms with Crippen LogP contribution in [0.4, 0.5) is 15.8 Å². The maximum absolute atomic E-state index is 13.1. The molecule has 0 bridgehead atoms. The second-order valence-corrected chi connectivity index (χ2v) is 10.1. The number of aryl methyl sites for hydroxylation is 1. The molecule has 0 saturated carbocycles. The van der Waals surface area contributed by atoms with Gasteiger partial charge in [0.2, 0.25) is 5.91 Å². The van der Waals surface area contributed by atoms with Crippen LogP contribution >= 0.6 is 11.8 Å². The molecule has 1 aliphatic carbocycles. The molecular formula is C25H30FN3OS. The van der Waals surface area contributed by atoms with Crippen molar-refractivity contribution in [2.24, 2.45) is 0 Å². The maximum atomic E-state index is 13.1. The number of rotatable bonds is 5. The van der Waals surface area contributed by atoms with Gasteiger partial charge in [-0.2, -0.15) is 0 Å². The normalized spacial score (nSPS) is 21.4. The fourth-order valence-electron chi connectivity index (χ4n) is 5.02. The number of fused-ring (bicyclic) bond motifs is 3. The molecule has 6 heteroatoms. The number of nitrogens with zero attached hydrogens (tertiary/aromatic N) is 2. The number of amides is 1. The van der Waals surface area contributed by atoms with E-state index in [-0.39, 0.29) is 17.0 Å². The molecule has 1 amide bonds. The average Bonchev–Trinajstić information content (AvgIpc) is 2.80. The predicted octanol–water partition coefficient (Wildman–Crippen LogP) is 4.72. The molecule has 164 valence electrons. The number of hydrogen-bond acceptors (Lipinski definition) is 4. The summed E-state index contributed by atoms with van der Waals surface area (Å²) in [6.45, 7) is 4.97. The topological polar surface area (TPSA) is 35.6 Å². The van der Waals surface area contributed by atoms with Crippen LogP contribution in [0.15, 0.2) is 41.3 Å². The highest BCUT2D eigenvalue weighted by molar-refractivity contribution is 8.01. The number of carbonyl (C=O) groups is 1. The molecule has 3 aliphatic rings. The highest BCUT2D eigenvalue weighted by atomic mass is 32.2. The van der Waals surface area contributed by atoms with E-state index in [0.717, 1.165) is 69.8 Å². The Morgan fingerprint density at radius 2 is 1.77 bits per heavy atom. The van der Waals surface area contributed by atoms with Crippen molar-refractivity contribution in [2.75, 3.05) is 42.9 Å². The zero-order chi connectivity index (χ0) is 21.2. The largest absolute Gasteiger partial charge is 0.369 e. The van der Waals surface area contributed by atoms with Gasteiger partial charge in [0.25, 0.3) is 0 Å². The molecular weight excluding hydrogens is 409 g/mol. The van der Waals surface area contributed by atoms with Gasteiger partial charge < -0.3 is 10.2 Å². The van der Waals surface area contributed by atoms with E-state index in [1.165, 1.54) is 41.0 Å². The summed E-state index contributed by atoms with van der Waals surface area (Å²) in [5.74, 6) is -0.00730. The molecule has 5 rings (SSSR count). The van der Waals surface area contributed by atoms with Gasteiger partial charge in [0.1, 0.15) is 5.82 Å². The number of benzene rings is 2. The Kier molecular flexibility index (Phi) is 6.19. The van der Waals surface area contributed by atoms with Gasteiger partial charge in [-0.25, -0.2) is 4.39 Å². The molecule has 1 N–H and O–H groups in total. The second-order valence-electron chi connectivity index (χ2n) is 8.83.